The van der Waals surface area contributed by atoms with E-state index in [1.54, 1.807) is 10.7 Å². The van der Waals surface area contributed by atoms with Crippen LogP contribution in [0.3, 0.4) is 0 Å². The number of hydrogen-bond acceptors (Lipinski definition) is 3. The van der Waals surface area contributed by atoms with E-state index in [-0.39, 0.29) is 6.04 Å². The second-order valence-corrected chi connectivity index (χ2v) is 4.90. The molecular formula is C8H11FN2O2S. The summed E-state index contributed by atoms with van der Waals surface area (Å²) in [4.78, 5) is 0. The highest BCUT2D eigenvalue weighted by molar-refractivity contribution is 7.85. The molecule has 78 valence electrons. The molecular weight excluding hydrogens is 207 g/mol. The molecule has 1 saturated carbocycles. The van der Waals surface area contributed by atoms with Crippen LogP contribution in [0.4, 0.5) is 3.89 Å². The fourth-order valence-electron chi connectivity index (χ4n) is 1.59. The Morgan fingerprint density at radius 3 is 2.79 bits per heavy atom. The van der Waals surface area contributed by atoms with Crippen molar-refractivity contribution in [3.63, 3.8) is 0 Å². The molecule has 0 spiro atoms. The van der Waals surface area contributed by atoms with Gasteiger partial charge in [-0.15, -0.1) is 3.89 Å². The number of hydrogen-bond donors (Lipinski definition) is 0. The minimum Gasteiger partial charge on any atom is -0.265 e. The summed E-state index contributed by atoms with van der Waals surface area (Å²) in [6.45, 7) is 0. The Balaban J connectivity index is 2.21. The van der Waals surface area contributed by atoms with Gasteiger partial charge in [0.25, 0.3) is 0 Å². The summed E-state index contributed by atoms with van der Waals surface area (Å²) in [5.74, 6) is -0.566. The van der Waals surface area contributed by atoms with E-state index in [0.717, 1.165) is 19.3 Å². The first-order valence-electron chi connectivity index (χ1n) is 4.51. The number of halogens is 1. The van der Waals surface area contributed by atoms with Gasteiger partial charge in [-0.2, -0.15) is 13.5 Å². The summed E-state index contributed by atoms with van der Waals surface area (Å²) < 4.78 is 35.0. The fourth-order valence-corrected chi connectivity index (χ4v) is 2.17. The molecule has 0 radical (unpaired) electrons. The third-order valence-corrected chi connectivity index (χ3v) is 3.13. The maximum atomic E-state index is 12.4. The van der Waals surface area contributed by atoms with Crippen molar-refractivity contribution < 1.29 is 12.3 Å². The molecule has 0 aliphatic heterocycles. The largest absolute Gasteiger partial charge is 0.308 e. The molecule has 2 rings (SSSR count). The molecule has 1 aromatic heterocycles. The molecule has 1 heterocycles. The van der Waals surface area contributed by atoms with E-state index in [1.807, 2.05) is 0 Å². The van der Waals surface area contributed by atoms with Gasteiger partial charge in [0.1, 0.15) is 5.75 Å². The van der Waals surface area contributed by atoms with Crippen LogP contribution >= 0.6 is 0 Å². The van der Waals surface area contributed by atoms with Crippen molar-refractivity contribution in [2.24, 2.45) is 0 Å². The molecule has 14 heavy (non-hydrogen) atoms. The molecule has 4 nitrogen and oxygen atoms in total. The van der Waals surface area contributed by atoms with E-state index in [2.05, 4.69) is 5.10 Å². The summed E-state index contributed by atoms with van der Waals surface area (Å²) in [5.41, 5.74) is 0.442. The number of rotatable bonds is 3. The van der Waals surface area contributed by atoms with Crippen LogP contribution in [0, 0.1) is 0 Å². The van der Waals surface area contributed by atoms with Gasteiger partial charge in [-0.1, -0.05) is 0 Å². The molecule has 0 aromatic carbocycles. The van der Waals surface area contributed by atoms with E-state index in [1.165, 1.54) is 6.20 Å². The maximum absolute atomic E-state index is 12.4. The average molecular weight is 218 g/mol. The van der Waals surface area contributed by atoms with Gasteiger partial charge in [0.2, 0.25) is 0 Å². The standard InChI is InChI=1S/C8H11FN2O2S/c9-14(12,13)6-8-4-5-10-11(8)7-2-1-3-7/h4-5,7H,1-3,6H2. The minimum atomic E-state index is -4.45. The summed E-state index contributed by atoms with van der Waals surface area (Å²) in [7, 11) is -4.45. The van der Waals surface area contributed by atoms with Crippen molar-refractivity contribution in [1.82, 2.24) is 9.78 Å². The van der Waals surface area contributed by atoms with Crippen LogP contribution in [0.15, 0.2) is 12.3 Å². The molecule has 1 aromatic rings. The zero-order chi connectivity index (χ0) is 10.2. The highest BCUT2D eigenvalue weighted by atomic mass is 32.3. The highest BCUT2D eigenvalue weighted by Crippen LogP contribution is 2.32. The van der Waals surface area contributed by atoms with E-state index < -0.39 is 16.0 Å². The molecule has 1 fully saturated rings. The van der Waals surface area contributed by atoms with Crippen LogP contribution < -0.4 is 0 Å². The lowest BCUT2D eigenvalue weighted by molar-refractivity contribution is 0.284. The Kier molecular flexibility index (Phi) is 2.30. The number of aromatic nitrogens is 2. The monoisotopic (exact) mass is 218 g/mol. The van der Waals surface area contributed by atoms with Crippen LogP contribution in [0.5, 0.6) is 0 Å². The second-order valence-electron chi connectivity index (χ2n) is 3.54. The Morgan fingerprint density at radius 2 is 2.29 bits per heavy atom. The Morgan fingerprint density at radius 1 is 1.57 bits per heavy atom. The summed E-state index contributed by atoms with van der Waals surface area (Å²) >= 11 is 0. The molecule has 0 amide bonds. The highest BCUT2D eigenvalue weighted by Gasteiger charge is 2.23. The third kappa shape index (κ3) is 1.95. The quantitative estimate of drug-likeness (QED) is 0.721. The van der Waals surface area contributed by atoms with E-state index >= 15 is 0 Å². The molecule has 0 atom stereocenters. The van der Waals surface area contributed by atoms with Gasteiger partial charge in [0, 0.05) is 6.20 Å². The van der Waals surface area contributed by atoms with Crippen LogP contribution in [-0.2, 0) is 16.0 Å². The zero-order valence-corrected chi connectivity index (χ0v) is 8.37. The van der Waals surface area contributed by atoms with Gasteiger partial charge < -0.3 is 0 Å². The predicted octanol–water partition coefficient (Wildman–Crippen LogP) is 1.41. The third-order valence-electron chi connectivity index (χ3n) is 2.49. The van der Waals surface area contributed by atoms with Gasteiger partial charge in [0.15, 0.2) is 0 Å². The molecule has 6 heteroatoms. The van der Waals surface area contributed by atoms with Crippen molar-refractivity contribution in [3.05, 3.63) is 18.0 Å². The van der Waals surface area contributed by atoms with Crippen LogP contribution in [0.2, 0.25) is 0 Å². The SMILES string of the molecule is O=S(=O)(F)Cc1ccnn1C1CCC1. The maximum Gasteiger partial charge on any atom is 0.308 e. The van der Waals surface area contributed by atoms with E-state index in [9.17, 15) is 12.3 Å². The van der Waals surface area contributed by atoms with Crippen LogP contribution in [0.1, 0.15) is 31.0 Å². The Labute approximate surface area is 81.9 Å². The Hall–Kier alpha value is -0.910. The van der Waals surface area contributed by atoms with Crippen molar-refractivity contribution in [1.29, 1.82) is 0 Å². The molecule has 1 aliphatic rings. The molecule has 1 aliphatic carbocycles. The van der Waals surface area contributed by atoms with Crippen molar-refractivity contribution in [3.8, 4) is 0 Å². The lowest BCUT2D eigenvalue weighted by Crippen LogP contribution is -2.20. The van der Waals surface area contributed by atoms with Gasteiger partial charge >= 0.3 is 10.2 Å². The first-order valence-corrected chi connectivity index (χ1v) is 6.06. The molecule has 0 saturated heterocycles. The molecule has 0 unspecified atom stereocenters. The summed E-state index contributed by atoms with van der Waals surface area (Å²) in [6, 6.07) is 1.82. The van der Waals surface area contributed by atoms with Crippen molar-refractivity contribution >= 4 is 10.2 Å². The van der Waals surface area contributed by atoms with Crippen LogP contribution in [-0.4, -0.2) is 18.2 Å². The van der Waals surface area contributed by atoms with Gasteiger partial charge in [-0.05, 0) is 25.3 Å². The van der Waals surface area contributed by atoms with E-state index in [4.69, 9.17) is 0 Å². The predicted molar refractivity (Wildman–Crippen MR) is 48.8 cm³/mol. The van der Waals surface area contributed by atoms with Gasteiger partial charge in [-0.25, -0.2) is 0 Å². The Bertz CT molecular complexity index is 422. The smallest absolute Gasteiger partial charge is 0.265 e. The molecule has 0 N–H and O–H groups in total. The fraction of sp³-hybridized carbons (Fsp3) is 0.625. The summed E-state index contributed by atoms with van der Waals surface area (Å²) in [6.07, 6.45) is 4.65. The van der Waals surface area contributed by atoms with Crippen LogP contribution in [0.25, 0.3) is 0 Å². The zero-order valence-electron chi connectivity index (χ0n) is 7.56. The second kappa shape index (κ2) is 3.34. The van der Waals surface area contributed by atoms with E-state index in [0.29, 0.717) is 5.69 Å². The topological polar surface area (TPSA) is 52.0 Å². The lowest BCUT2D eigenvalue weighted by Gasteiger charge is -2.27. The summed E-state index contributed by atoms with van der Waals surface area (Å²) in [5, 5.41) is 4.01. The first kappa shape index (κ1) is 9.64. The number of nitrogens with zero attached hydrogens (tertiary/aromatic N) is 2. The first-order chi connectivity index (χ1) is 6.56. The average Bonchev–Trinajstić information content (AvgIpc) is 2.30. The van der Waals surface area contributed by atoms with Gasteiger partial charge in [-0.3, -0.25) is 4.68 Å². The van der Waals surface area contributed by atoms with Crippen molar-refractivity contribution in [2.45, 2.75) is 31.1 Å². The van der Waals surface area contributed by atoms with Crippen molar-refractivity contribution in [2.75, 3.05) is 0 Å². The minimum absolute atomic E-state index is 0.266. The normalized spacial score (nSPS) is 18.1. The van der Waals surface area contributed by atoms with Gasteiger partial charge in [0.05, 0.1) is 11.7 Å². The molecule has 0 bridgehead atoms. The lowest BCUT2D eigenvalue weighted by atomic mass is 9.93.